The number of nitrogens with one attached hydrogen (secondary N) is 2. The number of nitrogen functional groups attached to an aromatic ring is 1. The molecule has 0 fully saturated rings. The summed E-state index contributed by atoms with van der Waals surface area (Å²) < 4.78 is 5.13. The second kappa shape index (κ2) is 7.93. The van der Waals surface area contributed by atoms with E-state index in [2.05, 4.69) is 25.5 Å². The highest BCUT2D eigenvalue weighted by atomic mass is 16.5. The molecule has 1 aromatic heterocycles. The molecular weight excluding hydrogens is 332 g/mol. The summed E-state index contributed by atoms with van der Waals surface area (Å²) in [6, 6.07) is 16.6. The van der Waals surface area contributed by atoms with Crippen LogP contribution in [0.25, 0.3) is 0 Å². The van der Waals surface area contributed by atoms with Crippen molar-refractivity contribution in [1.29, 1.82) is 0 Å². The van der Waals surface area contributed by atoms with Crippen LogP contribution in [0, 0.1) is 0 Å². The van der Waals surface area contributed by atoms with Gasteiger partial charge < -0.3 is 15.8 Å². The van der Waals surface area contributed by atoms with E-state index < -0.39 is 5.56 Å². The minimum Gasteiger partial charge on any atom is -0.497 e. The predicted molar refractivity (Wildman–Crippen MR) is 100 cm³/mol. The summed E-state index contributed by atoms with van der Waals surface area (Å²) in [5.41, 5.74) is 6.86. The molecule has 0 saturated carbocycles. The fourth-order valence-corrected chi connectivity index (χ4v) is 2.23. The van der Waals surface area contributed by atoms with Crippen LogP contribution in [0.3, 0.4) is 0 Å². The number of benzene rings is 2. The maximum absolute atomic E-state index is 12.2. The fraction of sp³-hybridized carbons (Fsp3) is 0.111. The Balaban J connectivity index is 1.83. The van der Waals surface area contributed by atoms with Crippen LogP contribution in [0.1, 0.15) is 5.56 Å². The zero-order chi connectivity index (χ0) is 18.4. The first kappa shape index (κ1) is 17.2. The quantitative estimate of drug-likeness (QED) is 0.589. The van der Waals surface area contributed by atoms with Gasteiger partial charge in [0.1, 0.15) is 5.75 Å². The van der Waals surface area contributed by atoms with E-state index >= 15 is 0 Å². The van der Waals surface area contributed by atoms with Crippen LogP contribution < -0.4 is 21.3 Å². The van der Waals surface area contributed by atoms with Crippen molar-refractivity contribution in [2.24, 2.45) is 10.2 Å². The number of hydrogen-bond donors (Lipinski definition) is 3. The molecule has 0 aliphatic rings. The van der Waals surface area contributed by atoms with Gasteiger partial charge in [-0.15, -0.1) is 5.11 Å². The van der Waals surface area contributed by atoms with Gasteiger partial charge in [-0.25, -0.2) is 0 Å². The largest absolute Gasteiger partial charge is 0.497 e. The molecule has 1 heterocycles. The molecule has 8 heteroatoms. The van der Waals surface area contributed by atoms with Gasteiger partial charge in [-0.2, -0.15) is 10.1 Å². The highest BCUT2D eigenvalue weighted by Gasteiger charge is 2.10. The Morgan fingerprint density at radius 1 is 1.12 bits per heavy atom. The molecule has 0 saturated heterocycles. The smallest absolute Gasteiger partial charge is 0.282 e. The maximum atomic E-state index is 12.2. The average molecular weight is 350 g/mol. The topological polar surface area (TPSA) is 118 Å². The average Bonchev–Trinajstić information content (AvgIpc) is 2.66. The van der Waals surface area contributed by atoms with Gasteiger partial charge in [-0.3, -0.25) is 9.78 Å². The Morgan fingerprint density at radius 2 is 1.85 bits per heavy atom. The molecule has 3 aromatic rings. The van der Waals surface area contributed by atoms with Crippen LogP contribution in [0.4, 0.5) is 23.1 Å². The number of methoxy groups -OCH3 is 1. The number of rotatable bonds is 6. The number of nitrogens with two attached hydrogens (primary N) is 1. The Bertz CT molecular complexity index is 952. The number of hydrogen-bond acceptors (Lipinski definition) is 7. The molecule has 0 aliphatic heterocycles. The minimum absolute atomic E-state index is 0.00546. The van der Waals surface area contributed by atoms with Crippen LogP contribution >= 0.6 is 0 Å². The Hall–Kier alpha value is -3.68. The number of anilines is 2. The fourth-order valence-electron chi connectivity index (χ4n) is 2.23. The summed E-state index contributed by atoms with van der Waals surface area (Å²) in [5.74, 6) is 1.04. The molecule has 0 bridgehead atoms. The van der Waals surface area contributed by atoms with Crippen molar-refractivity contribution in [3.05, 3.63) is 70.5 Å². The van der Waals surface area contributed by atoms with Gasteiger partial charge >= 0.3 is 0 Å². The molecule has 2 aromatic carbocycles. The van der Waals surface area contributed by atoms with Gasteiger partial charge in [-0.1, -0.05) is 30.3 Å². The lowest BCUT2D eigenvalue weighted by atomic mass is 10.2. The van der Waals surface area contributed by atoms with E-state index in [-0.39, 0.29) is 17.5 Å². The van der Waals surface area contributed by atoms with Crippen molar-refractivity contribution in [2.45, 2.75) is 6.54 Å². The van der Waals surface area contributed by atoms with E-state index in [4.69, 9.17) is 10.5 Å². The van der Waals surface area contributed by atoms with Crippen molar-refractivity contribution in [2.75, 3.05) is 18.2 Å². The van der Waals surface area contributed by atoms with Crippen molar-refractivity contribution in [1.82, 2.24) is 9.97 Å². The lowest BCUT2D eigenvalue weighted by Crippen LogP contribution is -2.14. The summed E-state index contributed by atoms with van der Waals surface area (Å²) in [5, 5.41) is 11.2. The number of ether oxygens (including phenoxy) is 1. The lowest BCUT2D eigenvalue weighted by Gasteiger charge is -2.08. The number of aromatic nitrogens is 2. The van der Waals surface area contributed by atoms with E-state index in [1.807, 2.05) is 42.5 Å². The second-order valence-electron chi connectivity index (χ2n) is 5.39. The summed E-state index contributed by atoms with van der Waals surface area (Å²) in [6.07, 6.45) is 0. The first-order valence-electron chi connectivity index (χ1n) is 7.89. The minimum atomic E-state index is -0.464. The van der Waals surface area contributed by atoms with E-state index in [0.717, 1.165) is 11.3 Å². The molecule has 0 aliphatic carbocycles. The van der Waals surface area contributed by atoms with Crippen LogP contribution in [-0.4, -0.2) is 17.1 Å². The lowest BCUT2D eigenvalue weighted by molar-refractivity contribution is 0.414. The molecule has 0 amide bonds. The first-order valence-corrected chi connectivity index (χ1v) is 7.89. The molecule has 3 rings (SSSR count). The molecule has 0 unspecified atom stereocenters. The molecule has 0 radical (unpaired) electrons. The molecule has 0 atom stereocenters. The van der Waals surface area contributed by atoms with Gasteiger partial charge in [0.15, 0.2) is 11.5 Å². The van der Waals surface area contributed by atoms with Crippen LogP contribution in [0.15, 0.2) is 69.6 Å². The molecule has 132 valence electrons. The number of azo groups is 1. The zero-order valence-electron chi connectivity index (χ0n) is 14.1. The molecule has 8 nitrogen and oxygen atoms in total. The van der Waals surface area contributed by atoms with Crippen LogP contribution in [0.2, 0.25) is 0 Å². The van der Waals surface area contributed by atoms with Crippen molar-refractivity contribution in [3.8, 4) is 5.75 Å². The summed E-state index contributed by atoms with van der Waals surface area (Å²) in [4.78, 5) is 18.7. The summed E-state index contributed by atoms with van der Waals surface area (Å²) in [6.45, 7) is 0.438. The second-order valence-corrected chi connectivity index (χ2v) is 5.39. The first-order chi connectivity index (χ1) is 12.7. The van der Waals surface area contributed by atoms with Crippen LogP contribution in [0.5, 0.6) is 5.75 Å². The van der Waals surface area contributed by atoms with Crippen molar-refractivity contribution < 1.29 is 4.74 Å². The van der Waals surface area contributed by atoms with E-state index in [9.17, 15) is 4.79 Å². The van der Waals surface area contributed by atoms with Gasteiger partial charge in [0.25, 0.3) is 5.56 Å². The van der Waals surface area contributed by atoms with Crippen molar-refractivity contribution in [3.63, 3.8) is 0 Å². The van der Waals surface area contributed by atoms with E-state index in [1.165, 1.54) is 0 Å². The third-order valence-electron chi connectivity index (χ3n) is 3.55. The van der Waals surface area contributed by atoms with E-state index in [0.29, 0.717) is 12.2 Å². The molecule has 26 heavy (non-hydrogen) atoms. The van der Waals surface area contributed by atoms with Gasteiger partial charge in [0.05, 0.1) is 12.8 Å². The zero-order valence-corrected chi connectivity index (χ0v) is 14.1. The molecule has 0 spiro atoms. The normalized spacial score (nSPS) is 10.8. The third-order valence-corrected chi connectivity index (χ3v) is 3.55. The monoisotopic (exact) mass is 350 g/mol. The highest BCUT2D eigenvalue weighted by Crippen LogP contribution is 2.22. The Labute approximate surface area is 149 Å². The summed E-state index contributed by atoms with van der Waals surface area (Å²) in [7, 11) is 1.61. The number of nitrogens with zero attached hydrogens (tertiary/aromatic N) is 3. The number of H-pyrrole nitrogens is 1. The number of aromatic amines is 1. The maximum Gasteiger partial charge on any atom is 0.282 e. The highest BCUT2D eigenvalue weighted by molar-refractivity contribution is 5.60. The Morgan fingerprint density at radius 3 is 2.54 bits per heavy atom. The third kappa shape index (κ3) is 4.23. The van der Waals surface area contributed by atoms with Gasteiger partial charge in [0.2, 0.25) is 5.95 Å². The predicted octanol–water partition coefficient (Wildman–Crippen LogP) is 3.39. The van der Waals surface area contributed by atoms with Crippen molar-refractivity contribution >= 4 is 23.1 Å². The van der Waals surface area contributed by atoms with Gasteiger partial charge in [-0.05, 0) is 29.8 Å². The SMILES string of the molecule is COc1ccc(CNc2nc(N)[nH]c(=O)c2N=Nc2ccccc2)cc1. The molecule has 4 N–H and O–H groups in total. The summed E-state index contributed by atoms with van der Waals surface area (Å²) >= 11 is 0. The molecular formula is C18H18N6O2. The van der Waals surface area contributed by atoms with E-state index in [1.54, 1.807) is 19.2 Å². The Kier molecular flexibility index (Phi) is 5.23. The van der Waals surface area contributed by atoms with Crippen LogP contribution in [-0.2, 0) is 6.54 Å². The standard InChI is InChI=1S/C18H18N6O2/c1-26-14-9-7-12(8-10-14)11-20-16-15(17(25)22-18(19)21-16)24-23-13-5-3-2-4-6-13/h2-10H,11H2,1H3,(H4,19,20,21,22,25). The van der Waals surface area contributed by atoms with Gasteiger partial charge in [0, 0.05) is 6.54 Å².